The summed E-state index contributed by atoms with van der Waals surface area (Å²) in [5, 5.41) is 12.0. The summed E-state index contributed by atoms with van der Waals surface area (Å²) in [6.45, 7) is 9.12. The summed E-state index contributed by atoms with van der Waals surface area (Å²) in [6, 6.07) is 2.21. The van der Waals surface area contributed by atoms with Crippen molar-refractivity contribution in [2.24, 2.45) is 5.41 Å². The number of nitriles is 1. The van der Waals surface area contributed by atoms with E-state index in [0.717, 1.165) is 39.2 Å². The molecule has 0 aliphatic carbocycles. The van der Waals surface area contributed by atoms with Gasteiger partial charge in [0.15, 0.2) is 0 Å². The minimum absolute atomic E-state index is 0.209. The fraction of sp³-hybridized carbons (Fsp3) is 0.923. The molecule has 0 aliphatic rings. The number of likely N-dealkylation sites (N-methyl/N-ethyl adjacent to an activating group) is 1. The summed E-state index contributed by atoms with van der Waals surface area (Å²) < 4.78 is 5.02. The first-order valence-corrected chi connectivity index (χ1v) is 6.27. The van der Waals surface area contributed by atoms with E-state index in [2.05, 4.69) is 37.2 Å². The molecule has 0 aliphatic heterocycles. The Morgan fingerprint density at radius 2 is 2.06 bits per heavy atom. The lowest BCUT2D eigenvalue weighted by Crippen LogP contribution is -2.36. The van der Waals surface area contributed by atoms with Crippen LogP contribution in [0.4, 0.5) is 0 Å². The van der Waals surface area contributed by atoms with Crippen molar-refractivity contribution < 1.29 is 4.74 Å². The lowest BCUT2D eigenvalue weighted by Gasteiger charge is -2.24. The van der Waals surface area contributed by atoms with Crippen molar-refractivity contribution in [1.29, 1.82) is 5.26 Å². The SMILES string of the molecule is COCCN(C)CCNCC(C)(C)CCC#N. The van der Waals surface area contributed by atoms with E-state index in [0.29, 0.717) is 6.42 Å². The Kier molecular flexibility index (Phi) is 9.06. The van der Waals surface area contributed by atoms with Crippen molar-refractivity contribution >= 4 is 0 Å². The largest absolute Gasteiger partial charge is 0.383 e. The first-order valence-electron chi connectivity index (χ1n) is 6.27. The Bertz CT molecular complexity index is 223. The van der Waals surface area contributed by atoms with Crippen LogP contribution in [0, 0.1) is 16.7 Å². The second-order valence-corrected chi connectivity index (χ2v) is 5.30. The zero-order valence-electron chi connectivity index (χ0n) is 11.8. The lowest BCUT2D eigenvalue weighted by molar-refractivity contribution is 0.161. The number of hydrogen-bond donors (Lipinski definition) is 1. The maximum atomic E-state index is 8.57. The maximum Gasteiger partial charge on any atom is 0.0621 e. The van der Waals surface area contributed by atoms with Crippen molar-refractivity contribution in [2.75, 3.05) is 46.9 Å². The highest BCUT2D eigenvalue weighted by molar-refractivity contribution is 4.78. The normalized spacial score (nSPS) is 11.8. The topological polar surface area (TPSA) is 48.3 Å². The molecule has 0 aromatic carbocycles. The van der Waals surface area contributed by atoms with Gasteiger partial charge in [-0.25, -0.2) is 0 Å². The quantitative estimate of drug-likeness (QED) is 0.589. The molecule has 0 heterocycles. The highest BCUT2D eigenvalue weighted by Crippen LogP contribution is 2.20. The summed E-state index contributed by atoms with van der Waals surface area (Å²) in [4.78, 5) is 2.25. The highest BCUT2D eigenvalue weighted by Gasteiger charge is 2.16. The number of hydrogen-bond acceptors (Lipinski definition) is 4. The number of nitrogens with one attached hydrogen (secondary N) is 1. The molecule has 0 aromatic heterocycles. The van der Waals surface area contributed by atoms with Crippen LogP contribution in [-0.2, 0) is 4.74 Å². The lowest BCUT2D eigenvalue weighted by atomic mass is 9.88. The minimum atomic E-state index is 0.209. The van der Waals surface area contributed by atoms with E-state index < -0.39 is 0 Å². The fourth-order valence-corrected chi connectivity index (χ4v) is 1.54. The van der Waals surface area contributed by atoms with Crippen molar-refractivity contribution in [3.8, 4) is 6.07 Å². The van der Waals surface area contributed by atoms with E-state index in [-0.39, 0.29) is 5.41 Å². The number of methoxy groups -OCH3 is 1. The molecule has 0 bridgehead atoms. The monoisotopic (exact) mass is 241 g/mol. The highest BCUT2D eigenvalue weighted by atomic mass is 16.5. The van der Waals surface area contributed by atoms with Crippen LogP contribution < -0.4 is 5.32 Å². The molecule has 0 fully saturated rings. The van der Waals surface area contributed by atoms with Crippen LogP contribution in [0.3, 0.4) is 0 Å². The molecule has 0 aromatic rings. The zero-order chi connectivity index (χ0) is 13.1. The molecule has 4 nitrogen and oxygen atoms in total. The van der Waals surface area contributed by atoms with Crippen LogP contribution in [0.2, 0.25) is 0 Å². The van der Waals surface area contributed by atoms with Crippen LogP contribution in [0.1, 0.15) is 26.7 Å². The molecule has 4 heteroatoms. The van der Waals surface area contributed by atoms with Gasteiger partial charge in [-0.2, -0.15) is 5.26 Å². The standard InChI is InChI=1S/C13H27N3O/c1-13(2,6-5-7-14)12-15-8-9-16(3)10-11-17-4/h15H,5-6,8-12H2,1-4H3. The predicted molar refractivity (Wildman–Crippen MR) is 70.9 cm³/mol. The molecular formula is C13H27N3O. The Balaban J connectivity index is 3.52. The van der Waals surface area contributed by atoms with Crippen molar-refractivity contribution in [3.05, 3.63) is 0 Å². The average molecular weight is 241 g/mol. The van der Waals surface area contributed by atoms with Gasteiger partial charge in [-0.15, -0.1) is 0 Å². The third-order valence-corrected chi connectivity index (χ3v) is 2.86. The Morgan fingerprint density at radius 3 is 2.65 bits per heavy atom. The molecule has 0 amide bonds. The van der Waals surface area contributed by atoms with E-state index in [1.165, 1.54) is 0 Å². The van der Waals surface area contributed by atoms with Crippen molar-refractivity contribution in [1.82, 2.24) is 10.2 Å². The van der Waals surface area contributed by atoms with Gasteiger partial charge in [0.05, 0.1) is 12.7 Å². The third-order valence-electron chi connectivity index (χ3n) is 2.86. The summed E-state index contributed by atoms with van der Waals surface area (Å²) in [5.74, 6) is 0. The van der Waals surface area contributed by atoms with E-state index in [1.54, 1.807) is 7.11 Å². The molecule has 0 unspecified atom stereocenters. The van der Waals surface area contributed by atoms with Crippen LogP contribution in [-0.4, -0.2) is 51.8 Å². The molecule has 0 radical (unpaired) electrons. The average Bonchev–Trinajstić information content (AvgIpc) is 2.29. The van der Waals surface area contributed by atoms with Crippen molar-refractivity contribution in [2.45, 2.75) is 26.7 Å². The summed E-state index contributed by atoms with van der Waals surface area (Å²) in [6.07, 6.45) is 1.60. The summed E-state index contributed by atoms with van der Waals surface area (Å²) in [5.41, 5.74) is 0.209. The van der Waals surface area contributed by atoms with Gasteiger partial charge in [-0.3, -0.25) is 0 Å². The molecular weight excluding hydrogens is 214 g/mol. The number of rotatable bonds is 10. The zero-order valence-corrected chi connectivity index (χ0v) is 11.8. The van der Waals surface area contributed by atoms with Crippen LogP contribution in [0.5, 0.6) is 0 Å². The Hall–Kier alpha value is -0.630. The molecule has 1 N–H and O–H groups in total. The minimum Gasteiger partial charge on any atom is -0.383 e. The molecule has 0 saturated carbocycles. The van der Waals surface area contributed by atoms with Crippen molar-refractivity contribution in [3.63, 3.8) is 0 Å². The first kappa shape index (κ1) is 16.4. The second kappa shape index (κ2) is 9.41. The summed E-state index contributed by atoms with van der Waals surface area (Å²) in [7, 11) is 3.82. The Morgan fingerprint density at radius 1 is 1.35 bits per heavy atom. The van der Waals surface area contributed by atoms with Crippen LogP contribution in [0.15, 0.2) is 0 Å². The molecule has 0 rings (SSSR count). The predicted octanol–water partition coefficient (Wildman–Crippen LogP) is 1.48. The van der Waals surface area contributed by atoms with Gasteiger partial charge in [0.25, 0.3) is 0 Å². The second-order valence-electron chi connectivity index (χ2n) is 5.30. The fourth-order valence-electron chi connectivity index (χ4n) is 1.54. The van der Waals surface area contributed by atoms with E-state index >= 15 is 0 Å². The molecule has 0 spiro atoms. The van der Waals surface area contributed by atoms with Gasteiger partial charge >= 0.3 is 0 Å². The summed E-state index contributed by atoms with van der Waals surface area (Å²) >= 11 is 0. The molecule has 0 atom stereocenters. The van der Waals surface area contributed by atoms with Gasteiger partial charge in [0.1, 0.15) is 0 Å². The van der Waals surface area contributed by atoms with Gasteiger partial charge in [-0.05, 0) is 18.9 Å². The molecule has 0 saturated heterocycles. The first-order chi connectivity index (χ1) is 8.02. The van der Waals surface area contributed by atoms with E-state index in [1.807, 2.05) is 0 Å². The number of nitrogens with zero attached hydrogens (tertiary/aromatic N) is 2. The molecule has 100 valence electrons. The Labute approximate surface area is 106 Å². The van der Waals surface area contributed by atoms with E-state index in [4.69, 9.17) is 10.00 Å². The number of ether oxygens (including phenoxy) is 1. The van der Waals surface area contributed by atoms with Crippen LogP contribution >= 0.6 is 0 Å². The van der Waals surface area contributed by atoms with Gasteiger partial charge < -0.3 is 15.0 Å². The van der Waals surface area contributed by atoms with E-state index in [9.17, 15) is 0 Å². The maximum absolute atomic E-state index is 8.57. The smallest absolute Gasteiger partial charge is 0.0621 e. The van der Waals surface area contributed by atoms with Gasteiger partial charge in [-0.1, -0.05) is 13.8 Å². The third kappa shape index (κ3) is 10.3. The van der Waals surface area contributed by atoms with Gasteiger partial charge in [0.2, 0.25) is 0 Å². The molecule has 17 heavy (non-hydrogen) atoms. The van der Waals surface area contributed by atoms with Gasteiger partial charge in [0, 0.05) is 39.7 Å². The van der Waals surface area contributed by atoms with Crippen LogP contribution in [0.25, 0.3) is 0 Å².